The SMILES string of the molecule is NC(=O)[C@H]1Cc2ccccc2[C@H]1O. The number of fused-ring (bicyclic) bond motifs is 1. The van der Waals surface area contributed by atoms with Crippen molar-refractivity contribution in [3.8, 4) is 0 Å². The number of primary amides is 1. The van der Waals surface area contributed by atoms with Crippen LogP contribution in [0.3, 0.4) is 0 Å². The lowest BCUT2D eigenvalue weighted by molar-refractivity contribution is -0.124. The molecule has 0 saturated heterocycles. The third-order valence-electron chi connectivity index (χ3n) is 2.56. The second-order valence-electron chi connectivity index (χ2n) is 3.36. The normalized spacial score (nSPS) is 25.6. The van der Waals surface area contributed by atoms with E-state index in [1.807, 2.05) is 24.3 Å². The van der Waals surface area contributed by atoms with Crippen LogP contribution in [-0.4, -0.2) is 11.0 Å². The summed E-state index contributed by atoms with van der Waals surface area (Å²) in [4.78, 5) is 10.9. The minimum atomic E-state index is -0.714. The first kappa shape index (κ1) is 8.26. The second-order valence-corrected chi connectivity index (χ2v) is 3.36. The number of hydrogen-bond donors (Lipinski definition) is 2. The molecule has 0 fully saturated rings. The maximum Gasteiger partial charge on any atom is 0.223 e. The standard InChI is InChI=1S/C10H11NO2/c11-10(13)8-5-6-3-1-2-4-7(6)9(8)12/h1-4,8-9,12H,5H2,(H2,11,13)/t8-,9+/m0/s1. The molecule has 0 heterocycles. The first-order chi connectivity index (χ1) is 6.20. The molecule has 0 unspecified atom stereocenters. The van der Waals surface area contributed by atoms with Crippen LogP contribution >= 0.6 is 0 Å². The van der Waals surface area contributed by atoms with Gasteiger partial charge in [0, 0.05) is 0 Å². The Labute approximate surface area is 76.2 Å². The van der Waals surface area contributed by atoms with Crippen molar-refractivity contribution < 1.29 is 9.90 Å². The molecule has 3 N–H and O–H groups in total. The van der Waals surface area contributed by atoms with Crippen molar-refractivity contribution in [1.29, 1.82) is 0 Å². The molecule has 1 aromatic rings. The van der Waals surface area contributed by atoms with Crippen molar-refractivity contribution in [3.63, 3.8) is 0 Å². The molecule has 0 aliphatic heterocycles. The van der Waals surface area contributed by atoms with Crippen molar-refractivity contribution in [2.24, 2.45) is 11.7 Å². The summed E-state index contributed by atoms with van der Waals surface area (Å²) in [6.45, 7) is 0. The molecule has 0 bridgehead atoms. The molecule has 0 aromatic heterocycles. The predicted molar refractivity (Wildman–Crippen MR) is 47.8 cm³/mol. The van der Waals surface area contributed by atoms with Gasteiger partial charge in [-0.2, -0.15) is 0 Å². The fourth-order valence-electron chi connectivity index (χ4n) is 1.83. The van der Waals surface area contributed by atoms with Crippen LogP contribution in [0.25, 0.3) is 0 Å². The van der Waals surface area contributed by atoms with E-state index in [1.165, 1.54) is 0 Å². The number of rotatable bonds is 1. The number of benzene rings is 1. The maximum atomic E-state index is 10.9. The fraction of sp³-hybridized carbons (Fsp3) is 0.300. The Hall–Kier alpha value is -1.35. The van der Waals surface area contributed by atoms with Gasteiger partial charge in [0.15, 0.2) is 0 Å². The highest BCUT2D eigenvalue weighted by Crippen LogP contribution is 2.35. The molecule has 3 heteroatoms. The molecule has 2 rings (SSSR count). The number of carbonyl (C=O) groups excluding carboxylic acids is 1. The Morgan fingerprint density at radius 2 is 2.15 bits per heavy atom. The van der Waals surface area contributed by atoms with Crippen molar-refractivity contribution in [2.75, 3.05) is 0 Å². The zero-order chi connectivity index (χ0) is 9.42. The molecular formula is C10H11NO2. The smallest absolute Gasteiger partial charge is 0.223 e. The van der Waals surface area contributed by atoms with E-state index in [1.54, 1.807) is 0 Å². The lowest BCUT2D eigenvalue weighted by Crippen LogP contribution is -2.26. The molecule has 3 nitrogen and oxygen atoms in total. The van der Waals surface area contributed by atoms with Gasteiger partial charge in [0.25, 0.3) is 0 Å². The fourth-order valence-corrected chi connectivity index (χ4v) is 1.83. The van der Waals surface area contributed by atoms with E-state index in [9.17, 15) is 9.90 Å². The van der Waals surface area contributed by atoms with Gasteiger partial charge in [-0.15, -0.1) is 0 Å². The monoisotopic (exact) mass is 177 g/mol. The van der Waals surface area contributed by atoms with Crippen LogP contribution in [-0.2, 0) is 11.2 Å². The van der Waals surface area contributed by atoms with Gasteiger partial charge in [0.1, 0.15) is 0 Å². The maximum absolute atomic E-state index is 10.9. The van der Waals surface area contributed by atoms with E-state index in [-0.39, 0.29) is 0 Å². The molecule has 13 heavy (non-hydrogen) atoms. The van der Waals surface area contributed by atoms with Gasteiger partial charge in [-0.3, -0.25) is 4.79 Å². The summed E-state index contributed by atoms with van der Waals surface area (Å²) in [6.07, 6.45) is -0.152. The highest BCUT2D eigenvalue weighted by atomic mass is 16.3. The Kier molecular flexibility index (Phi) is 1.81. The van der Waals surface area contributed by atoms with E-state index >= 15 is 0 Å². The van der Waals surface area contributed by atoms with Gasteiger partial charge < -0.3 is 10.8 Å². The average molecular weight is 177 g/mol. The first-order valence-corrected chi connectivity index (χ1v) is 4.25. The zero-order valence-electron chi connectivity index (χ0n) is 7.10. The van der Waals surface area contributed by atoms with Crippen LogP contribution in [0, 0.1) is 5.92 Å². The Bertz CT molecular complexity index is 349. The minimum Gasteiger partial charge on any atom is -0.388 e. The number of carbonyl (C=O) groups is 1. The summed E-state index contributed by atoms with van der Waals surface area (Å²) < 4.78 is 0. The number of hydrogen-bond acceptors (Lipinski definition) is 2. The number of aliphatic hydroxyl groups excluding tert-OH is 1. The van der Waals surface area contributed by atoms with E-state index in [0.29, 0.717) is 6.42 Å². The number of aliphatic hydroxyl groups is 1. The van der Waals surface area contributed by atoms with E-state index in [2.05, 4.69) is 0 Å². The number of nitrogens with two attached hydrogens (primary N) is 1. The van der Waals surface area contributed by atoms with Crippen LogP contribution < -0.4 is 5.73 Å². The van der Waals surface area contributed by atoms with Crippen LogP contribution in [0.5, 0.6) is 0 Å². The van der Waals surface area contributed by atoms with Crippen molar-refractivity contribution >= 4 is 5.91 Å². The Morgan fingerprint density at radius 3 is 2.77 bits per heavy atom. The third-order valence-corrected chi connectivity index (χ3v) is 2.56. The molecule has 0 radical (unpaired) electrons. The van der Waals surface area contributed by atoms with E-state index in [4.69, 9.17) is 5.73 Å². The van der Waals surface area contributed by atoms with Crippen LogP contribution in [0.15, 0.2) is 24.3 Å². The van der Waals surface area contributed by atoms with Crippen LogP contribution in [0.1, 0.15) is 17.2 Å². The van der Waals surface area contributed by atoms with E-state index < -0.39 is 17.9 Å². The molecule has 1 aromatic carbocycles. The Morgan fingerprint density at radius 1 is 1.46 bits per heavy atom. The molecule has 1 aliphatic carbocycles. The van der Waals surface area contributed by atoms with Gasteiger partial charge in [-0.1, -0.05) is 24.3 Å². The number of amides is 1. The molecular weight excluding hydrogens is 166 g/mol. The summed E-state index contributed by atoms with van der Waals surface area (Å²) in [7, 11) is 0. The Balaban J connectivity index is 2.38. The molecule has 0 spiro atoms. The van der Waals surface area contributed by atoms with Crippen LogP contribution in [0.2, 0.25) is 0 Å². The van der Waals surface area contributed by atoms with Gasteiger partial charge in [-0.05, 0) is 17.5 Å². The molecule has 1 amide bonds. The topological polar surface area (TPSA) is 63.3 Å². The summed E-state index contributed by atoms with van der Waals surface area (Å²) in [5.41, 5.74) is 7.03. The van der Waals surface area contributed by atoms with Crippen molar-refractivity contribution in [1.82, 2.24) is 0 Å². The summed E-state index contributed by atoms with van der Waals surface area (Å²) in [5.74, 6) is -0.874. The second kappa shape index (κ2) is 2.85. The lowest BCUT2D eigenvalue weighted by Gasteiger charge is -2.09. The van der Waals surface area contributed by atoms with Gasteiger partial charge >= 0.3 is 0 Å². The zero-order valence-corrected chi connectivity index (χ0v) is 7.10. The van der Waals surface area contributed by atoms with Crippen molar-refractivity contribution in [2.45, 2.75) is 12.5 Å². The largest absolute Gasteiger partial charge is 0.388 e. The van der Waals surface area contributed by atoms with Crippen molar-refractivity contribution in [3.05, 3.63) is 35.4 Å². The van der Waals surface area contributed by atoms with Gasteiger partial charge in [0.05, 0.1) is 12.0 Å². The average Bonchev–Trinajstić information content (AvgIpc) is 2.45. The van der Waals surface area contributed by atoms with E-state index in [0.717, 1.165) is 11.1 Å². The van der Waals surface area contributed by atoms with Crippen LogP contribution in [0.4, 0.5) is 0 Å². The quantitative estimate of drug-likeness (QED) is 0.651. The van der Waals surface area contributed by atoms with Gasteiger partial charge in [-0.25, -0.2) is 0 Å². The summed E-state index contributed by atoms with van der Waals surface area (Å²) >= 11 is 0. The highest BCUT2D eigenvalue weighted by Gasteiger charge is 2.34. The lowest BCUT2D eigenvalue weighted by atomic mass is 10.0. The minimum absolute atomic E-state index is 0.427. The third kappa shape index (κ3) is 1.21. The summed E-state index contributed by atoms with van der Waals surface area (Å²) in [6, 6.07) is 7.50. The van der Waals surface area contributed by atoms with Gasteiger partial charge in [0.2, 0.25) is 5.91 Å². The first-order valence-electron chi connectivity index (χ1n) is 4.25. The molecule has 0 saturated carbocycles. The molecule has 68 valence electrons. The highest BCUT2D eigenvalue weighted by molar-refractivity contribution is 5.79. The predicted octanol–water partition coefficient (Wildman–Crippen LogP) is 0.378. The molecule has 1 aliphatic rings. The molecule has 2 atom stereocenters. The summed E-state index contributed by atoms with van der Waals surface area (Å²) in [5, 5.41) is 9.71.